The second-order valence-corrected chi connectivity index (χ2v) is 8.46. The standard InChI is InChI=1S/C18H16F3N3O6S/c19-18(20,21)13-2-1-3-15(12-13)31(28,29)23-10-8-22(9-11-23)16(25)6-4-14-5-7-17(30-14)24(26)27/h1-7,12H,8-11H2/b6-4+. The van der Waals surface area contributed by atoms with Crippen molar-refractivity contribution < 1.29 is 35.7 Å². The lowest BCUT2D eigenvalue weighted by Gasteiger charge is -2.33. The summed E-state index contributed by atoms with van der Waals surface area (Å²) in [6, 6.07) is 5.95. The second kappa shape index (κ2) is 8.51. The molecule has 0 saturated carbocycles. The van der Waals surface area contributed by atoms with Crippen molar-refractivity contribution in [1.29, 1.82) is 0 Å². The van der Waals surface area contributed by atoms with Crippen molar-refractivity contribution in [3.63, 3.8) is 0 Å². The lowest BCUT2D eigenvalue weighted by atomic mass is 10.2. The highest BCUT2D eigenvalue weighted by molar-refractivity contribution is 7.89. The maximum Gasteiger partial charge on any atom is 0.433 e. The zero-order valence-electron chi connectivity index (χ0n) is 15.8. The summed E-state index contributed by atoms with van der Waals surface area (Å²) >= 11 is 0. The van der Waals surface area contributed by atoms with E-state index >= 15 is 0 Å². The number of sulfonamides is 1. The Hall–Kier alpha value is -3.19. The Labute approximate surface area is 174 Å². The van der Waals surface area contributed by atoms with E-state index in [0.29, 0.717) is 6.07 Å². The maximum absolute atomic E-state index is 12.9. The average molecular weight is 459 g/mol. The average Bonchev–Trinajstić information content (AvgIpc) is 3.21. The zero-order valence-corrected chi connectivity index (χ0v) is 16.6. The molecule has 0 unspecified atom stereocenters. The molecule has 1 aliphatic heterocycles. The molecule has 3 rings (SSSR count). The van der Waals surface area contributed by atoms with Gasteiger partial charge in [-0.2, -0.15) is 17.5 Å². The van der Waals surface area contributed by atoms with Crippen molar-refractivity contribution in [2.75, 3.05) is 26.2 Å². The second-order valence-electron chi connectivity index (χ2n) is 6.52. The number of hydrogen-bond acceptors (Lipinski definition) is 6. The van der Waals surface area contributed by atoms with Crippen molar-refractivity contribution in [1.82, 2.24) is 9.21 Å². The summed E-state index contributed by atoms with van der Waals surface area (Å²) in [7, 11) is -4.16. The van der Waals surface area contributed by atoms with E-state index in [4.69, 9.17) is 4.42 Å². The van der Waals surface area contributed by atoms with Crippen LogP contribution in [0.2, 0.25) is 0 Å². The summed E-state index contributed by atoms with van der Waals surface area (Å²) in [5.74, 6) is -0.832. The summed E-state index contributed by atoms with van der Waals surface area (Å²) < 4.78 is 69.9. The highest BCUT2D eigenvalue weighted by Gasteiger charge is 2.34. The van der Waals surface area contributed by atoms with Crippen LogP contribution < -0.4 is 0 Å². The first-order valence-electron chi connectivity index (χ1n) is 8.87. The molecule has 2 aromatic rings. The molecule has 0 spiro atoms. The molecule has 0 aliphatic carbocycles. The van der Waals surface area contributed by atoms with E-state index in [-0.39, 0.29) is 31.9 Å². The smallest absolute Gasteiger partial charge is 0.401 e. The number of rotatable bonds is 5. The molecule has 0 N–H and O–H groups in total. The molecule has 0 atom stereocenters. The molecule has 1 aromatic heterocycles. The minimum atomic E-state index is -4.67. The zero-order chi connectivity index (χ0) is 22.8. The highest BCUT2D eigenvalue weighted by Crippen LogP contribution is 2.31. The Balaban J connectivity index is 1.63. The van der Waals surface area contributed by atoms with Gasteiger partial charge in [0.05, 0.1) is 16.5 Å². The number of halogens is 3. The lowest BCUT2D eigenvalue weighted by Crippen LogP contribution is -2.50. The van der Waals surface area contributed by atoms with E-state index in [9.17, 15) is 36.5 Å². The Morgan fingerprint density at radius 1 is 1.13 bits per heavy atom. The number of nitrogens with zero attached hydrogens (tertiary/aromatic N) is 3. The quantitative estimate of drug-likeness (QED) is 0.386. The van der Waals surface area contributed by atoms with Crippen LogP contribution in [0.25, 0.3) is 6.08 Å². The molecule has 1 fully saturated rings. The van der Waals surface area contributed by atoms with E-state index in [0.717, 1.165) is 34.6 Å². The van der Waals surface area contributed by atoms with Gasteiger partial charge in [0.1, 0.15) is 10.7 Å². The largest absolute Gasteiger partial charge is 0.433 e. The molecule has 1 saturated heterocycles. The number of piperazine rings is 1. The van der Waals surface area contributed by atoms with Gasteiger partial charge in [-0.25, -0.2) is 8.42 Å². The summed E-state index contributed by atoms with van der Waals surface area (Å²) in [5.41, 5.74) is -1.06. The molecular formula is C18H16F3N3O6S. The maximum atomic E-state index is 12.9. The van der Waals surface area contributed by atoms with Crippen molar-refractivity contribution >= 4 is 27.9 Å². The number of carbonyl (C=O) groups excluding carboxylic acids is 1. The van der Waals surface area contributed by atoms with Crippen LogP contribution in [0.15, 0.2) is 51.8 Å². The Kier molecular flexibility index (Phi) is 6.18. The summed E-state index contributed by atoms with van der Waals surface area (Å²) in [6.07, 6.45) is -2.28. The number of alkyl halides is 3. The van der Waals surface area contributed by atoms with Crippen LogP contribution in [0, 0.1) is 10.1 Å². The van der Waals surface area contributed by atoms with Crippen LogP contribution in [0.1, 0.15) is 11.3 Å². The third kappa shape index (κ3) is 5.11. The van der Waals surface area contributed by atoms with Crippen molar-refractivity contribution in [2.45, 2.75) is 11.1 Å². The van der Waals surface area contributed by atoms with Crippen molar-refractivity contribution in [3.8, 4) is 0 Å². The molecule has 9 nitrogen and oxygen atoms in total. The van der Waals surface area contributed by atoms with Crippen LogP contribution >= 0.6 is 0 Å². The van der Waals surface area contributed by atoms with E-state index in [1.807, 2.05) is 0 Å². The third-order valence-electron chi connectivity index (χ3n) is 4.53. The third-order valence-corrected chi connectivity index (χ3v) is 6.43. The highest BCUT2D eigenvalue weighted by atomic mass is 32.2. The first kappa shape index (κ1) is 22.5. The number of hydrogen-bond donors (Lipinski definition) is 0. The van der Waals surface area contributed by atoms with E-state index in [1.165, 1.54) is 17.0 Å². The lowest BCUT2D eigenvalue weighted by molar-refractivity contribution is -0.402. The van der Waals surface area contributed by atoms with E-state index in [2.05, 4.69) is 0 Å². The number of furan rings is 1. The predicted octanol–water partition coefficient (Wildman–Crippen LogP) is 2.75. The minimum Gasteiger partial charge on any atom is -0.401 e. The van der Waals surface area contributed by atoms with Crippen LogP contribution in [0.3, 0.4) is 0 Å². The van der Waals surface area contributed by atoms with Crippen LogP contribution in [-0.4, -0.2) is 54.6 Å². The fourth-order valence-electron chi connectivity index (χ4n) is 2.92. The predicted molar refractivity (Wildman–Crippen MR) is 101 cm³/mol. The molecule has 0 radical (unpaired) electrons. The van der Waals surface area contributed by atoms with Crippen LogP contribution in [0.4, 0.5) is 19.1 Å². The Morgan fingerprint density at radius 3 is 2.39 bits per heavy atom. The van der Waals surface area contributed by atoms with E-state index < -0.39 is 43.4 Å². The summed E-state index contributed by atoms with van der Waals surface area (Å²) in [6.45, 7) is -0.131. The molecule has 1 aromatic carbocycles. The summed E-state index contributed by atoms with van der Waals surface area (Å²) in [4.78, 5) is 23.0. The van der Waals surface area contributed by atoms with E-state index in [1.54, 1.807) is 0 Å². The molecule has 166 valence electrons. The van der Waals surface area contributed by atoms with Gasteiger partial charge in [-0.15, -0.1) is 0 Å². The van der Waals surface area contributed by atoms with Gasteiger partial charge in [-0.1, -0.05) is 6.07 Å². The van der Waals surface area contributed by atoms with Gasteiger partial charge in [0.15, 0.2) is 0 Å². The first-order chi connectivity index (χ1) is 14.5. The fraction of sp³-hybridized carbons (Fsp3) is 0.278. The van der Waals surface area contributed by atoms with Crippen LogP contribution in [-0.2, 0) is 21.0 Å². The van der Waals surface area contributed by atoms with Gasteiger partial charge in [0.2, 0.25) is 15.9 Å². The Bertz CT molecular complexity index is 1120. The van der Waals surface area contributed by atoms with Gasteiger partial charge in [0.25, 0.3) is 0 Å². The molecule has 1 aliphatic rings. The van der Waals surface area contributed by atoms with Crippen molar-refractivity contribution in [2.24, 2.45) is 0 Å². The normalized spacial score (nSPS) is 16.0. The number of benzene rings is 1. The fourth-order valence-corrected chi connectivity index (χ4v) is 4.39. The molecule has 1 amide bonds. The van der Waals surface area contributed by atoms with Crippen LogP contribution in [0.5, 0.6) is 0 Å². The molecule has 31 heavy (non-hydrogen) atoms. The molecule has 0 bridgehead atoms. The van der Waals surface area contributed by atoms with Gasteiger partial charge in [0, 0.05) is 32.3 Å². The van der Waals surface area contributed by atoms with Crippen molar-refractivity contribution in [3.05, 3.63) is 63.9 Å². The van der Waals surface area contributed by atoms with Gasteiger partial charge < -0.3 is 9.32 Å². The first-order valence-corrected chi connectivity index (χ1v) is 10.3. The Morgan fingerprint density at radius 2 is 1.81 bits per heavy atom. The molecule has 13 heteroatoms. The molecule has 2 heterocycles. The minimum absolute atomic E-state index is 0.0274. The number of carbonyl (C=O) groups is 1. The number of amides is 1. The number of nitro groups is 1. The monoisotopic (exact) mass is 459 g/mol. The molecular weight excluding hydrogens is 443 g/mol. The SMILES string of the molecule is O=C(/C=C/c1ccc([N+](=O)[O-])o1)N1CCN(S(=O)(=O)c2cccc(C(F)(F)F)c2)CC1. The summed E-state index contributed by atoms with van der Waals surface area (Å²) in [5, 5.41) is 10.6. The van der Waals surface area contributed by atoms with Gasteiger partial charge >= 0.3 is 12.1 Å². The topological polar surface area (TPSA) is 114 Å². The van der Waals surface area contributed by atoms with Gasteiger partial charge in [-0.3, -0.25) is 14.9 Å². The van der Waals surface area contributed by atoms with Gasteiger partial charge in [-0.05, 0) is 30.3 Å².